The van der Waals surface area contributed by atoms with E-state index in [9.17, 15) is 14.4 Å². The van der Waals surface area contributed by atoms with Gasteiger partial charge in [-0.3, -0.25) is 19.0 Å². The molecule has 0 unspecified atom stereocenters. The van der Waals surface area contributed by atoms with E-state index in [4.69, 9.17) is 0 Å². The van der Waals surface area contributed by atoms with Gasteiger partial charge in [0.1, 0.15) is 0 Å². The summed E-state index contributed by atoms with van der Waals surface area (Å²) in [6.07, 6.45) is 5.09. The van der Waals surface area contributed by atoms with E-state index in [2.05, 4.69) is 15.3 Å². The molecule has 2 N–H and O–H groups in total. The Labute approximate surface area is 126 Å². The number of nitrogens with one attached hydrogen (secondary N) is 2. The van der Waals surface area contributed by atoms with Crippen LogP contribution < -0.4 is 16.4 Å². The number of aromatic amines is 1. The number of H-pyrrole nitrogens is 1. The molecule has 7 heteroatoms. The number of nitrogens with zero attached hydrogens (tertiary/aromatic N) is 2. The molecule has 0 spiro atoms. The summed E-state index contributed by atoms with van der Waals surface area (Å²) in [6.45, 7) is 0.661. The highest BCUT2D eigenvalue weighted by molar-refractivity contribution is 5.93. The van der Waals surface area contributed by atoms with Crippen molar-refractivity contribution in [3.8, 4) is 0 Å². The van der Waals surface area contributed by atoms with Crippen molar-refractivity contribution < 1.29 is 4.79 Å². The highest BCUT2D eigenvalue weighted by Gasteiger charge is 2.25. The van der Waals surface area contributed by atoms with E-state index in [1.54, 1.807) is 6.07 Å². The lowest BCUT2D eigenvalue weighted by Crippen LogP contribution is -2.31. The zero-order chi connectivity index (χ0) is 15.5. The predicted molar refractivity (Wildman–Crippen MR) is 79.9 cm³/mol. The minimum absolute atomic E-state index is 0.102. The Morgan fingerprint density at radius 3 is 2.82 bits per heavy atom. The first-order chi connectivity index (χ1) is 10.6. The van der Waals surface area contributed by atoms with Gasteiger partial charge in [-0.15, -0.1) is 0 Å². The standard InChI is InChI=1S/C15H16N4O3/c20-13-4-3-11(8-17-13)15(22)16-5-6-19-9-18-12(7-14(19)21)10-1-2-10/h3-4,7-10H,1-2,5-6H2,(H,16,22)(H,17,20). The van der Waals surface area contributed by atoms with E-state index < -0.39 is 0 Å². The fraction of sp³-hybridized carbons (Fsp3) is 0.333. The van der Waals surface area contributed by atoms with Crippen LogP contribution in [0.3, 0.4) is 0 Å². The van der Waals surface area contributed by atoms with E-state index in [-0.39, 0.29) is 17.0 Å². The summed E-state index contributed by atoms with van der Waals surface area (Å²) in [5.41, 5.74) is 0.868. The topological polar surface area (TPSA) is 96.8 Å². The van der Waals surface area contributed by atoms with Crippen LogP contribution in [0.1, 0.15) is 34.8 Å². The van der Waals surface area contributed by atoms with Gasteiger partial charge in [-0.05, 0) is 18.9 Å². The van der Waals surface area contributed by atoms with E-state index in [0.717, 1.165) is 18.5 Å². The number of carbonyl (C=O) groups excluding carboxylic acids is 1. The summed E-state index contributed by atoms with van der Waals surface area (Å²) in [7, 11) is 0. The molecule has 1 saturated carbocycles. The molecule has 3 rings (SSSR count). The molecular formula is C15H16N4O3. The van der Waals surface area contributed by atoms with Crippen molar-refractivity contribution in [2.45, 2.75) is 25.3 Å². The number of carbonyl (C=O) groups is 1. The predicted octanol–water partition coefficient (Wildman–Crippen LogP) is 0.239. The molecule has 7 nitrogen and oxygen atoms in total. The van der Waals surface area contributed by atoms with Gasteiger partial charge in [-0.2, -0.15) is 0 Å². The molecule has 0 bridgehead atoms. The van der Waals surface area contributed by atoms with Crippen LogP contribution >= 0.6 is 0 Å². The summed E-state index contributed by atoms with van der Waals surface area (Å²) in [5, 5.41) is 2.70. The van der Waals surface area contributed by atoms with Crippen LogP contribution in [0, 0.1) is 0 Å². The number of hydrogen-bond donors (Lipinski definition) is 2. The van der Waals surface area contributed by atoms with Gasteiger partial charge in [-0.1, -0.05) is 0 Å². The minimum Gasteiger partial charge on any atom is -0.350 e. The van der Waals surface area contributed by atoms with Crippen molar-refractivity contribution in [2.24, 2.45) is 0 Å². The third-order valence-corrected chi connectivity index (χ3v) is 3.58. The number of rotatable bonds is 5. The van der Waals surface area contributed by atoms with Crippen molar-refractivity contribution in [3.05, 3.63) is 62.7 Å². The molecule has 0 atom stereocenters. The van der Waals surface area contributed by atoms with E-state index in [1.807, 2.05) is 0 Å². The van der Waals surface area contributed by atoms with Gasteiger partial charge in [0.15, 0.2) is 0 Å². The Bertz CT molecular complexity index is 784. The third-order valence-electron chi connectivity index (χ3n) is 3.58. The number of amides is 1. The molecule has 0 aromatic carbocycles. The molecule has 114 valence electrons. The van der Waals surface area contributed by atoms with Gasteiger partial charge >= 0.3 is 0 Å². The number of aromatic nitrogens is 3. The fourth-order valence-corrected chi connectivity index (χ4v) is 2.15. The van der Waals surface area contributed by atoms with Crippen molar-refractivity contribution in [3.63, 3.8) is 0 Å². The smallest absolute Gasteiger partial charge is 0.253 e. The molecule has 1 aliphatic rings. The van der Waals surface area contributed by atoms with Crippen LogP contribution in [0.4, 0.5) is 0 Å². The monoisotopic (exact) mass is 300 g/mol. The summed E-state index contributed by atoms with van der Waals surface area (Å²) >= 11 is 0. The van der Waals surface area contributed by atoms with Gasteiger partial charge in [0, 0.05) is 37.3 Å². The van der Waals surface area contributed by atoms with Crippen LogP contribution in [0.25, 0.3) is 0 Å². The first-order valence-electron chi connectivity index (χ1n) is 7.17. The molecule has 2 heterocycles. The lowest BCUT2D eigenvalue weighted by Gasteiger charge is -2.07. The van der Waals surface area contributed by atoms with Crippen LogP contribution in [0.15, 0.2) is 40.3 Å². The molecule has 2 aromatic heterocycles. The first-order valence-corrected chi connectivity index (χ1v) is 7.17. The highest BCUT2D eigenvalue weighted by atomic mass is 16.2. The van der Waals surface area contributed by atoms with E-state index in [1.165, 1.54) is 29.2 Å². The zero-order valence-electron chi connectivity index (χ0n) is 11.9. The van der Waals surface area contributed by atoms with Crippen molar-refractivity contribution in [2.75, 3.05) is 6.54 Å². The molecule has 22 heavy (non-hydrogen) atoms. The molecule has 1 fully saturated rings. The maximum absolute atomic E-state index is 11.9. The highest BCUT2D eigenvalue weighted by Crippen LogP contribution is 2.38. The lowest BCUT2D eigenvalue weighted by molar-refractivity contribution is 0.0951. The fourth-order valence-electron chi connectivity index (χ4n) is 2.15. The number of pyridine rings is 1. The second-order valence-corrected chi connectivity index (χ2v) is 5.32. The Morgan fingerprint density at radius 1 is 1.36 bits per heavy atom. The van der Waals surface area contributed by atoms with Gasteiger partial charge in [0.2, 0.25) is 5.56 Å². The maximum atomic E-state index is 11.9. The van der Waals surface area contributed by atoms with Crippen LogP contribution in [0.5, 0.6) is 0 Å². The normalized spacial score (nSPS) is 13.8. The summed E-state index contributed by atoms with van der Waals surface area (Å²) in [5.74, 6) is 0.147. The van der Waals surface area contributed by atoms with Crippen LogP contribution in [-0.4, -0.2) is 27.0 Å². The summed E-state index contributed by atoms with van der Waals surface area (Å²) in [4.78, 5) is 41.4. The van der Waals surface area contributed by atoms with Crippen LogP contribution in [0.2, 0.25) is 0 Å². The second kappa shape index (κ2) is 5.97. The molecule has 1 aliphatic carbocycles. The average Bonchev–Trinajstić information content (AvgIpc) is 3.34. The minimum atomic E-state index is -0.299. The van der Waals surface area contributed by atoms with Crippen molar-refractivity contribution in [1.29, 1.82) is 0 Å². The Balaban J connectivity index is 1.56. The van der Waals surface area contributed by atoms with Gasteiger partial charge in [-0.25, -0.2) is 4.98 Å². The third kappa shape index (κ3) is 3.30. The van der Waals surface area contributed by atoms with Crippen LogP contribution in [-0.2, 0) is 6.54 Å². The number of hydrogen-bond acceptors (Lipinski definition) is 4. The first kappa shape index (κ1) is 14.2. The molecule has 0 aliphatic heterocycles. The molecular weight excluding hydrogens is 284 g/mol. The Morgan fingerprint density at radius 2 is 2.18 bits per heavy atom. The molecule has 1 amide bonds. The molecule has 2 aromatic rings. The second-order valence-electron chi connectivity index (χ2n) is 5.32. The maximum Gasteiger partial charge on any atom is 0.253 e. The summed E-state index contributed by atoms with van der Waals surface area (Å²) in [6, 6.07) is 4.31. The Hall–Kier alpha value is -2.70. The molecule has 0 saturated heterocycles. The van der Waals surface area contributed by atoms with E-state index in [0.29, 0.717) is 24.6 Å². The van der Waals surface area contributed by atoms with Gasteiger partial charge in [0.25, 0.3) is 11.5 Å². The van der Waals surface area contributed by atoms with Gasteiger partial charge < -0.3 is 10.3 Å². The van der Waals surface area contributed by atoms with Crippen molar-refractivity contribution >= 4 is 5.91 Å². The zero-order valence-corrected chi connectivity index (χ0v) is 11.9. The van der Waals surface area contributed by atoms with Gasteiger partial charge in [0.05, 0.1) is 17.6 Å². The quantitative estimate of drug-likeness (QED) is 0.826. The Kier molecular flexibility index (Phi) is 3.86. The van der Waals surface area contributed by atoms with Crippen molar-refractivity contribution in [1.82, 2.24) is 19.9 Å². The largest absolute Gasteiger partial charge is 0.350 e. The van der Waals surface area contributed by atoms with E-state index >= 15 is 0 Å². The molecule has 0 radical (unpaired) electrons. The lowest BCUT2D eigenvalue weighted by atomic mass is 10.2. The summed E-state index contributed by atoms with van der Waals surface area (Å²) < 4.78 is 1.47. The average molecular weight is 300 g/mol. The SMILES string of the molecule is O=C(NCCn1cnc(C2CC2)cc1=O)c1ccc(=O)[nH]c1.